The Kier molecular flexibility index (Phi) is 5.01. The van der Waals surface area contributed by atoms with Crippen molar-refractivity contribution in [1.29, 1.82) is 0 Å². The Morgan fingerprint density at radius 3 is 2.65 bits per heavy atom. The van der Waals surface area contributed by atoms with E-state index in [2.05, 4.69) is 34.9 Å². The summed E-state index contributed by atoms with van der Waals surface area (Å²) >= 11 is 0. The van der Waals surface area contributed by atoms with Gasteiger partial charge in [0.1, 0.15) is 0 Å². The maximum atomic E-state index is 3.93. The van der Waals surface area contributed by atoms with Crippen molar-refractivity contribution in [2.75, 3.05) is 13.1 Å². The van der Waals surface area contributed by atoms with E-state index in [0.717, 1.165) is 12.1 Å². The molecule has 2 fully saturated rings. The number of nitrogens with one attached hydrogen (secondary N) is 2. The van der Waals surface area contributed by atoms with Crippen LogP contribution in [0.5, 0.6) is 0 Å². The minimum Gasteiger partial charge on any atom is -0.317 e. The molecule has 1 saturated heterocycles. The van der Waals surface area contributed by atoms with Gasteiger partial charge >= 0.3 is 0 Å². The molecule has 1 spiro atoms. The molecule has 1 aromatic rings. The first-order valence-electron chi connectivity index (χ1n) is 7.44. The molecule has 0 radical (unpaired) electrons. The van der Waals surface area contributed by atoms with Crippen LogP contribution in [0.25, 0.3) is 0 Å². The SMILES string of the molecule is Cl.Cl.c1ccc2c(c1)CCC21CC1NC1CCNCC1. The Balaban J connectivity index is 0.000000735. The second-order valence-corrected chi connectivity index (χ2v) is 6.26. The number of hydrogen-bond acceptors (Lipinski definition) is 2. The normalized spacial score (nSPS) is 31.3. The van der Waals surface area contributed by atoms with Crippen LogP contribution < -0.4 is 10.6 Å². The fourth-order valence-electron chi connectivity index (χ4n) is 4.09. The van der Waals surface area contributed by atoms with Gasteiger partial charge in [0.25, 0.3) is 0 Å². The zero-order valence-corrected chi connectivity index (χ0v) is 13.4. The number of piperidine rings is 1. The largest absolute Gasteiger partial charge is 0.317 e. The standard InChI is InChI=1S/C16H22N2.2ClH/c1-2-4-14-12(3-1)5-8-16(14)11-15(16)18-13-6-9-17-10-7-13;;/h1-4,13,15,17-18H,5-11H2;2*1H. The predicted molar refractivity (Wildman–Crippen MR) is 88.4 cm³/mol. The molecule has 1 saturated carbocycles. The highest BCUT2D eigenvalue weighted by molar-refractivity contribution is 5.85. The summed E-state index contributed by atoms with van der Waals surface area (Å²) in [4.78, 5) is 0. The molecule has 3 aliphatic rings. The second-order valence-electron chi connectivity index (χ2n) is 6.26. The second kappa shape index (κ2) is 6.23. The zero-order chi connectivity index (χ0) is 12.0. The predicted octanol–water partition coefficient (Wildman–Crippen LogP) is 2.83. The monoisotopic (exact) mass is 314 g/mol. The maximum Gasteiger partial charge on any atom is 0.0176 e. The molecule has 4 rings (SSSR count). The molecule has 2 aliphatic carbocycles. The van der Waals surface area contributed by atoms with Crippen molar-refractivity contribution in [3.05, 3.63) is 35.4 Å². The van der Waals surface area contributed by atoms with Gasteiger partial charge in [-0.3, -0.25) is 0 Å². The molecule has 0 amide bonds. The van der Waals surface area contributed by atoms with E-state index in [4.69, 9.17) is 0 Å². The van der Waals surface area contributed by atoms with Crippen molar-refractivity contribution in [2.24, 2.45) is 0 Å². The van der Waals surface area contributed by atoms with Crippen molar-refractivity contribution in [3.8, 4) is 0 Å². The zero-order valence-electron chi connectivity index (χ0n) is 11.7. The number of benzene rings is 1. The number of halogens is 2. The molecule has 0 aromatic heterocycles. The van der Waals surface area contributed by atoms with E-state index in [1.165, 1.54) is 45.2 Å². The summed E-state index contributed by atoms with van der Waals surface area (Å²) in [5.74, 6) is 0. The minimum absolute atomic E-state index is 0. The van der Waals surface area contributed by atoms with Crippen LogP contribution >= 0.6 is 24.8 Å². The van der Waals surface area contributed by atoms with Gasteiger partial charge in [0.15, 0.2) is 0 Å². The molecule has 2 unspecified atom stereocenters. The van der Waals surface area contributed by atoms with E-state index in [-0.39, 0.29) is 24.8 Å². The van der Waals surface area contributed by atoms with Gasteiger partial charge in [-0.25, -0.2) is 0 Å². The van der Waals surface area contributed by atoms with Crippen LogP contribution in [0.1, 0.15) is 36.8 Å². The molecule has 2 atom stereocenters. The molecule has 0 bridgehead atoms. The van der Waals surface area contributed by atoms with Crippen LogP contribution in [0.3, 0.4) is 0 Å². The fraction of sp³-hybridized carbons (Fsp3) is 0.625. The average Bonchev–Trinajstić information content (AvgIpc) is 2.98. The van der Waals surface area contributed by atoms with Crippen LogP contribution in [0.15, 0.2) is 24.3 Å². The lowest BCUT2D eigenvalue weighted by Crippen LogP contribution is -2.42. The molecule has 112 valence electrons. The Labute approximate surface area is 133 Å². The fourth-order valence-corrected chi connectivity index (χ4v) is 4.09. The van der Waals surface area contributed by atoms with Crippen LogP contribution in [-0.2, 0) is 11.8 Å². The van der Waals surface area contributed by atoms with Gasteiger partial charge in [0, 0.05) is 17.5 Å². The summed E-state index contributed by atoms with van der Waals surface area (Å²) in [5, 5.41) is 7.37. The summed E-state index contributed by atoms with van der Waals surface area (Å²) in [6.45, 7) is 2.38. The van der Waals surface area contributed by atoms with Gasteiger partial charge < -0.3 is 10.6 Å². The third-order valence-corrected chi connectivity index (χ3v) is 5.25. The molecule has 2 nitrogen and oxygen atoms in total. The topological polar surface area (TPSA) is 24.1 Å². The maximum absolute atomic E-state index is 3.93. The average molecular weight is 315 g/mol. The number of aryl methyl sites for hydroxylation is 1. The van der Waals surface area contributed by atoms with Gasteiger partial charge in [-0.15, -0.1) is 24.8 Å². The third kappa shape index (κ3) is 2.59. The molecule has 2 N–H and O–H groups in total. The molecule has 20 heavy (non-hydrogen) atoms. The number of hydrogen-bond donors (Lipinski definition) is 2. The van der Waals surface area contributed by atoms with Crippen LogP contribution in [0.2, 0.25) is 0 Å². The van der Waals surface area contributed by atoms with Gasteiger partial charge in [0.05, 0.1) is 0 Å². The van der Waals surface area contributed by atoms with Crippen LogP contribution in [0, 0.1) is 0 Å². The van der Waals surface area contributed by atoms with E-state index < -0.39 is 0 Å². The first-order valence-corrected chi connectivity index (χ1v) is 7.44. The lowest BCUT2D eigenvalue weighted by atomic mass is 9.97. The molecule has 1 aromatic carbocycles. The highest BCUT2D eigenvalue weighted by atomic mass is 35.5. The van der Waals surface area contributed by atoms with Crippen molar-refractivity contribution in [1.82, 2.24) is 10.6 Å². The van der Waals surface area contributed by atoms with Gasteiger partial charge in [-0.05, 0) is 56.3 Å². The summed E-state index contributed by atoms with van der Waals surface area (Å²) in [6, 6.07) is 10.6. The van der Waals surface area contributed by atoms with Crippen LogP contribution in [-0.4, -0.2) is 25.2 Å². The smallest absolute Gasteiger partial charge is 0.0176 e. The summed E-state index contributed by atoms with van der Waals surface area (Å²) in [6.07, 6.45) is 6.63. The van der Waals surface area contributed by atoms with Crippen molar-refractivity contribution < 1.29 is 0 Å². The summed E-state index contributed by atoms with van der Waals surface area (Å²) < 4.78 is 0. The van der Waals surface area contributed by atoms with E-state index in [9.17, 15) is 0 Å². The lowest BCUT2D eigenvalue weighted by molar-refractivity contribution is 0.373. The highest BCUT2D eigenvalue weighted by Crippen LogP contribution is 2.56. The number of rotatable bonds is 2. The number of fused-ring (bicyclic) bond motifs is 2. The Morgan fingerprint density at radius 1 is 1.10 bits per heavy atom. The van der Waals surface area contributed by atoms with Crippen LogP contribution in [0.4, 0.5) is 0 Å². The molecule has 1 aliphatic heterocycles. The van der Waals surface area contributed by atoms with Gasteiger partial charge in [-0.2, -0.15) is 0 Å². The van der Waals surface area contributed by atoms with E-state index in [0.29, 0.717) is 5.41 Å². The van der Waals surface area contributed by atoms with Crippen molar-refractivity contribution in [3.63, 3.8) is 0 Å². The molecular formula is C16H24Cl2N2. The van der Waals surface area contributed by atoms with Crippen molar-refractivity contribution >= 4 is 24.8 Å². The van der Waals surface area contributed by atoms with Gasteiger partial charge in [0.2, 0.25) is 0 Å². The summed E-state index contributed by atoms with van der Waals surface area (Å²) in [7, 11) is 0. The highest BCUT2D eigenvalue weighted by Gasteiger charge is 2.58. The Morgan fingerprint density at radius 2 is 1.85 bits per heavy atom. The lowest BCUT2D eigenvalue weighted by Gasteiger charge is -2.25. The van der Waals surface area contributed by atoms with E-state index in [1.54, 1.807) is 11.1 Å². The summed E-state index contributed by atoms with van der Waals surface area (Å²) in [5.41, 5.74) is 3.77. The molecule has 4 heteroatoms. The van der Waals surface area contributed by atoms with Crippen molar-refractivity contribution in [2.45, 2.75) is 49.6 Å². The first-order chi connectivity index (χ1) is 8.88. The molecule has 1 heterocycles. The Hall–Kier alpha value is -0.280. The Bertz CT molecular complexity index is 460. The molecular weight excluding hydrogens is 291 g/mol. The van der Waals surface area contributed by atoms with E-state index in [1.807, 2.05) is 0 Å². The van der Waals surface area contributed by atoms with Gasteiger partial charge in [-0.1, -0.05) is 24.3 Å². The third-order valence-electron chi connectivity index (χ3n) is 5.25. The minimum atomic E-state index is 0. The quantitative estimate of drug-likeness (QED) is 0.877. The van der Waals surface area contributed by atoms with E-state index >= 15 is 0 Å². The first kappa shape index (κ1) is 16.1.